The third-order valence-corrected chi connectivity index (χ3v) is 5.14. The molecule has 4 aromatic rings. The van der Waals surface area contributed by atoms with E-state index in [4.69, 9.17) is 4.74 Å². The standard InChI is InChI=1S/C23H21N5O2/c29-23(28-9-11-30-12-10-28)16-5-7-18(8-6-16)25-22-15-24-14-21(27-22)20-13-17-3-1-2-4-19(17)26-20/h1-8,13-15,26H,9-12H2,(H,25,27). The lowest BCUT2D eigenvalue weighted by Gasteiger charge is -2.26. The predicted molar refractivity (Wildman–Crippen MR) is 116 cm³/mol. The second-order valence-electron chi connectivity index (χ2n) is 7.17. The lowest BCUT2D eigenvalue weighted by atomic mass is 10.1. The fourth-order valence-electron chi connectivity index (χ4n) is 3.56. The van der Waals surface area contributed by atoms with E-state index in [1.165, 1.54) is 0 Å². The monoisotopic (exact) mass is 399 g/mol. The summed E-state index contributed by atoms with van der Waals surface area (Å²) in [6.07, 6.45) is 3.42. The van der Waals surface area contributed by atoms with Crippen LogP contribution in [0.2, 0.25) is 0 Å². The molecule has 7 nitrogen and oxygen atoms in total. The van der Waals surface area contributed by atoms with Crippen molar-refractivity contribution in [3.05, 3.63) is 72.6 Å². The van der Waals surface area contributed by atoms with Gasteiger partial charge in [-0.1, -0.05) is 18.2 Å². The maximum atomic E-state index is 12.6. The highest BCUT2D eigenvalue weighted by Gasteiger charge is 2.18. The van der Waals surface area contributed by atoms with Gasteiger partial charge in [0.05, 0.1) is 31.3 Å². The molecule has 2 N–H and O–H groups in total. The van der Waals surface area contributed by atoms with Gasteiger partial charge < -0.3 is 19.9 Å². The number of anilines is 2. The second-order valence-corrected chi connectivity index (χ2v) is 7.17. The summed E-state index contributed by atoms with van der Waals surface area (Å²) in [7, 11) is 0. The van der Waals surface area contributed by atoms with Crippen LogP contribution in [0.1, 0.15) is 10.4 Å². The van der Waals surface area contributed by atoms with Gasteiger partial charge in [0.25, 0.3) is 5.91 Å². The molecule has 30 heavy (non-hydrogen) atoms. The van der Waals surface area contributed by atoms with E-state index >= 15 is 0 Å². The molecule has 1 saturated heterocycles. The van der Waals surface area contributed by atoms with Gasteiger partial charge in [0.1, 0.15) is 11.5 Å². The first-order valence-electron chi connectivity index (χ1n) is 9.90. The number of hydrogen-bond acceptors (Lipinski definition) is 5. The Bertz CT molecular complexity index is 1150. The zero-order valence-electron chi connectivity index (χ0n) is 16.3. The number of H-pyrrole nitrogens is 1. The van der Waals surface area contributed by atoms with Crippen LogP contribution >= 0.6 is 0 Å². The number of nitrogens with one attached hydrogen (secondary N) is 2. The van der Waals surface area contributed by atoms with Crippen LogP contribution in [-0.4, -0.2) is 52.1 Å². The maximum Gasteiger partial charge on any atom is 0.254 e. The number of rotatable bonds is 4. The molecule has 150 valence electrons. The number of fused-ring (bicyclic) bond motifs is 1. The van der Waals surface area contributed by atoms with E-state index in [1.807, 2.05) is 47.4 Å². The van der Waals surface area contributed by atoms with Gasteiger partial charge in [-0.15, -0.1) is 0 Å². The molecule has 0 spiro atoms. The van der Waals surface area contributed by atoms with Crippen molar-refractivity contribution in [3.63, 3.8) is 0 Å². The van der Waals surface area contributed by atoms with Crippen molar-refractivity contribution in [1.82, 2.24) is 19.9 Å². The third-order valence-electron chi connectivity index (χ3n) is 5.14. The molecule has 5 rings (SSSR count). The Morgan fingerprint density at radius 1 is 1.03 bits per heavy atom. The number of hydrogen-bond donors (Lipinski definition) is 2. The number of carbonyl (C=O) groups is 1. The quantitative estimate of drug-likeness (QED) is 0.545. The smallest absolute Gasteiger partial charge is 0.254 e. The summed E-state index contributed by atoms with van der Waals surface area (Å²) in [5, 5.41) is 4.39. The Balaban J connectivity index is 1.32. The average molecular weight is 399 g/mol. The summed E-state index contributed by atoms with van der Waals surface area (Å²) in [6.45, 7) is 2.46. The molecule has 0 radical (unpaired) electrons. The average Bonchev–Trinajstić information content (AvgIpc) is 3.24. The van der Waals surface area contributed by atoms with Crippen LogP contribution in [0.5, 0.6) is 0 Å². The minimum absolute atomic E-state index is 0.0328. The van der Waals surface area contributed by atoms with E-state index in [9.17, 15) is 4.79 Å². The van der Waals surface area contributed by atoms with E-state index < -0.39 is 0 Å². The molecule has 2 aromatic carbocycles. The van der Waals surface area contributed by atoms with E-state index in [1.54, 1.807) is 12.4 Å². The largest absolute Gasteiger partial charge is 0.378 e. The van der Waals surface area contributed by atoms with Crippen LogP contribution in [-0.2, 0) is 4.74 Å². The van der Waals surface area contributed by atoms with E-state index in [-0.39, 0.29) is 5.91 Å². The lowest BCUT2D eigenvalue weighted by molar-refractivity contribution is 0.0303. The van der Waals surface area contributed by atoms with Crippen LogP contribution < -0.4 is 5.32 Å². The van der Waals surface area contributed by atoms with Gasteiger partial charge in [0.2, 0.25) is 0 Å². The van der Waals surface area contributed by atoms with E-state index in [2.05, 4.69) is 32.4 Å². The number of nitrogens with zero attached hydrogens (tertiary/aromatic N) is 3. The summed E-state index contributed by atoms with van der Waals surface area (Å²) in [4.78, 5) is 26.7. The normalized spacial score (nSPS) is 14.1. The Morgan fingerprint density at radius 2 is 1.83 bits per heavy atom. The van der Waals surface area contributed by atoms with Crippen molar-refractivity contribution in [2.45, 2.75) is 0 Å². The number of ether oxygens (including phenoxy) is 1. The molecule has 0 atom stereocenters. The molecule has 1 aliphatic rings. The summed E-state index contributed by atoms with van der Waals surface area (Å²) in [5.74, 6) is 0.670. The number of morpholine rings is 1. The van der Waals surface area contributed by atoms with Crippen molar-refractivity contribution >= 4 is 28.3 Å². The number of carbonyl (C=O) groups excluding carboxylic acids is 1. The van der Waals surface area contributed by atoms with Crippen molar-refractivity contribution < 1.29 is 9.53 Å². The molecule has 3 heterocycles. The zero-order valence-corrected chi connectivity index (χ0v) is 16.3. The summed E-state index contributed by atoms with van der Waals surface area (Å²) in [5.41, 5.74) is 4.25. The molecule has 7 heteroatoms. The highest BCUT2D eigenvalue weighted by atomic mass is 16.5. The molecular formula is C23H21N5O2. The number of benzene rings is 2. The van der Waals surface area contributed by atoms with Crippen LogP contribution in [0.15, 0.2) is 67.0 Å². The first-order valence-corrected chi connectivity index (χ1v) is 9.90. The van der Waals surface area contributed by atoms with Crippen molar-refractivity contribution in [2.75, 3.05) is 31.6 Å². The fraction of sp³-hybridized carbons (Fsp3) is 0.174. The molecule has 1 fully saturated rings. The molecule has 0 unspecified atom stereocenters. The molecule has 1 amide bonds. The van der Waals surface area contributed by atoms with Crippen LogP contribution in [0, 0.1) is 0 Å². The first kappa shape index (κ1) is 18.3. The molecule has 0 aliphatic carbocycles. The summed E-state index contributed by atoms with van der Waals surface area (Å²) >= 11 is 0. The highest BCUT2D eigenvalue weighted by molar-refractivity contribution is 5.94. The molecule has 1 aliphatic heterocycles. The molecule has 0 bridgehead atoms. The second kappa shape index (κ2) is 7.96. The lowest BCUT2D eigenvalue weighted by Crippen LogP contribution is -2.40. The summed E-state index contributed by atoms with van der Waals surface area (Å²) < 4.78 is 5.31. The van der Waals surface area contributed by atoms with Gasteiger partial charge in [0.15, 0.2) is 0 Å². The van der Waals surface area contributed by atoms with Crippen LogP contribution in [0.3, 0.4) is 0 Å². The topological polar surface area (TPSA) is 83.1 Å². The Morgan fingerprint density at radius 3 is 2.63 bits per heavy atom. The van der Waals surface area contributed by atoms with Crippen molar-refractivity contribution in [3.8, 4) is 11.4 Å². The fourth-order valence-corrected chi connectivity index (χ4v) is 3.56. The zero-order chi connectivity index (χ0) is 20.3. The molecule has 0 saturated carbocycles. The predicted octanol–water partition coefficient (Wildman–Crippen LogP) is 3.84. The number of amides is 1. The highest BCUT2D eigenvalue weighted by Crippen LogP contribution is 2.24. The molecular weight excluding hydrogens is 378 g/mol. The van der Waals surface area contributed by atoms with Gasteiger partial charge >= 0.3 is 0 Å². The van der Waals surface area contributed by atoms with Gasteiger partial charge in [-0.3, -0.25) is 9.78 Å². The van der Waals surface area contributed by atoms with Crippen LogP contribution in [0.4, 0.5) is 11.5 Å². The Labute approximate surface area is 173 Å². The van der Waals surface area contributed by atoms with E-state index in [0.29, 0.717) is 37.7 Å². The molecule has 2 aromatic heterocycles. The van der Waals surface area contributed by atoms with Crippen molar-refractivity contribution in [1.29, 1.82) is 0 Å². The number of aromatic amines is 1. The Kier molecular flexibility index (Phi) is 4.86. The number of para-hydroxylation sites is 1. The van der Waals surface area contributed by atoms with Gasteiger partial charge in [0, 0.05) is 35.2 Å². The minimum Gasteiger partial charge on any atom is -0.378 e. The number of aromatic nitrogens is 3. The SMILES string of the molecule is O=C(c1ccc(Nc2cncc(-c3cc4ccccc4[nH]3)n2)cc1)N1CCOCC1. The maximum absolute atomic E-state index is 12.6. The minimum atomic E-state index is 0.0328. The third kappa shape index (κ3) is 3.75. The summed E-state index contributed by atoms with van der Waals surface area (Å²) in [6, 6.07) is 17.6. The Hall–Kier alpha value is -3.71. The van der Waals surface area contributed by atoms with Gasteiger partial charge in [-0.2, -0.15) is 0 Å². The van der Waals surface area contributed by atoms with E-state index in [0.717, 1.165) is 28.0 Å². The van der Waals surface area contributed by atoms with Crippen molar-refractivity contribution in [2.24, 2.45) is 0 Å². The van der Waals surface area contributed by atoms with Gasteiger partial charge in [-0.25, -0.2) is 4.98 Å². The van der Waals surface area contributed by atoms with Gasteiger partial charge in [-0.05, 0) is 36.4 Å². The first-order chi connectivity index (χ1) is 14.8. The van der Waals surface area contributed by atoms with Crippen LogP contribution in [0.25, 0.3) is 22.3 Å².